The maximum atomic E-state index is 12.1. The second-order valence-electron chi connectivity index (χ2n) is 5.08. The van der Waals surface area contributed by atoms with Gasteiger partial charge in [0, 0.05) is 0 Å². The smallest absolute Gasteiger partial charge is 0.321 e. The molecule has 0 fully saturated rings. The van der Waals surface area contributed by atoms with Crippen LogP contribution in [0.2, 0.25) is 0 Å². The molecule has 0 unspecified atom stereocenters. The molecule has 21 heavy (non-hydrogen) atoms. The minimum atomic E-state index is -3.66. The van der Waals surface area contributed by atoms with Crippen molar-refractivity contribution in [3.05, 3.63) is 35.4 Å². The lowest BCUT2D eigenvalue weighted by Gasteiger charge is -2.14. The van der Waals surface area contributed by atoms with E-state index in [1.54, 1.807) is 12.1 Å². The Balaban J connectivity index is 2.72. The van der Waals surface area contributed by atoms with E-state index in [9.17, 15) is 13.2 Å². The molecule has 0 aromatic heterocycles. The normalized spacial score (nSPS) is 13.0. The van der Waals surface area contributed by atoms with Crippen LogP contribution in [0.1, 0.15) is 44.2 Å². The average molecular weight is 313 g/mol. The van der Waals surface area contributed by atoms with E-state index in [0.29, 0.717) is 18.4 Å². The molecule has 0 bridgehead atoms. The Labute approximate surface area is 126 Å². The van der Waals surface area contributed by atoms with Gasteiger partial charge in [-0.15, -0.1) is 0 Å². The Bertz CT molecular complexity index is 552. The summed E-state index contributed by atoms with van der Waals surface area (Å²) in [4.78, 5) is 11.1. The molecule has 0 heterocycles. The fourth-order valence-electron chi connectivity index (χ4n) is 1.99. The Morgan fingerprint density at radius 1 is 1.19 bits per heavy atom. The van der Waals surface area contributed by atoms with Gasteiger partial charge in [0.2, 0.25) is 10.0 Å². The van der Waals surface area contributed by atoms with E-state index < -0.39 is 22.0 Å². The molecule has 0 aliphatic carbocycles. The van der Waals surface area contributed by atoms with E-state index in [4.69, 9.17) is 5.11 Å². The molecule has 0 radical (unpaired) electrons. The number of rotatable bonds is 9. The number of aryl methyl sites for hydroxylation is 1. The highest BCUT2D eigenvalue weighted by Gasteiger charge is 2.23. The Kier molecular flexibility index (Phi) is 6.84. The SMILES string of the molecule is CCCC[C@H](NS(=O)(=O)Cc1ccc(CC)cc1)C(=O)O. The van der Waals surface area contributed by atoms with Crippen LogP contribution in [-0.2, 0) is 27.0 Å². The zero-order chi connectivity index (χ0) is 15.9. The number of aliphatic carboxylic acids is 1. The van der Waals surface area contributed by atoms with Crippen LogP contribution in [0, 0.1) is 0 Å². The molecule has 118 valence electrons. The summed E-state index contributed by atoms with van der Waals surface area (Å²) in [6.07, 6.45) is 2.69. The molecule has 1 atom stereocenters. The lowest BCUT2D eigenvalue weighted by atomic mass is 10.1. The molecule has 1 aromatic carbocycles. The molecular weight excluding hydrogens is 290 g/mol. The van der Waals surface area contributed by atoms with Crippen molar-refractivity contribution in [2.45, 2.75) is 51.3 Å². The van der Waals surface area contributed by atoms with Gasteiger partial charge in [-0.3, -0.25) is 4.79 Å². The monoisotopic (exact) mass is 313 g/mol. The number of hydrogen-bond donors (Lipinski definition) is 2. The van der Waals surface area contributed by atoms with Crippen molar-refractivity contribution in [2.75, 3.05) is 0 Å². The fraction of sp³-hybridized carbons (Fsp3) is 0.533. The second-order valence-corrected chi connectivity index (χ2v) is 6.83. The molecule has 0 saturated carbocycles. The number of carboxylic acids is 1. The van der Waals surface area contributed by atoms with Gasteiger partial charge in [-0.2, -0.15) is 0 Å². The Morgan fingerprint density at radius 2 is 1.76 bits per heavy atom. The van der Waals surface area contributed by atoms with Crippen molar-refractivity contribution in [1.82, 2.24) is 4.72 Å². The summed E-state index contributed by atoms with van der Waals surface area (Å²) in [6, 6.07) is 6.25. The highest BCUT2D eigenvalue weighted by Crippen LogP contribution is 2.10. The summed E-state index contributed by atoms with van der Waals surface area (Å²) >= 11 is 0. The van der Waals surface area contributed by atoms with Crippen molar-refractivity contribution in [3.8, 4) is 0 Å². The summed E-state index contributed by atoms with van der Waals surface area (Å²) in [5, 5.41) is 9.07. The van der Waals surface area contributed by atoms with Crippen molar-refractivity contribution in [2.24, 2.45) is 0 Å². The Morgan fingerprint density at radius 3 is 2.24 bits per heavy atom. The standard InChI is InChI=1S/C15H23NO4S/c1-3-5-6-14(15(17)18)16-21(19,20)11-13-9-7-12(4-2)8-10-13/h7-10,14,16H,3-6,11H2,1-2H3,(H,17,18)/t14-/m0/s1. The van der Waals surface area contributed by atoms with E-state index in [1.165, 1.54) is 0 Å². The number of hydrogen-bond acceptors (Lipinski definition) is 3. The molecule has 0 aliphatic heterocycles. The topological polar surface area (TPSA) is 83.5 Å². The summed E-state index contributed by atoms with van der Waals surface area (Å²) in [7, 11) is -3.66. The zero-order valence-electron chi connectivity index (χ0n) is 12.5. The molecular formula is C15H23NO4S. The van der Waals surface area contributed by atoms with E-state index in [1.807, 2.05) is 26.0 Å². The van der Waals surface area contributed by atoms with Crippen molar-refractivity contribution in [1.29, 1.82) is 0 Å². The first-order chi connectivity index (χ1) is 9.88. The van der Waals surface area contributed by atoms with Crippen LogP contribution in [0.15, 0.2) is 24.3 Å². The summed E-state index contributed by atoms with van der Waals surface area (Å²) < 4.78 is 26.4. The van der Waals surface area contributed by atoms with Gasteiger partial charge in [0.25, 0.3) is 0 Å². The van der Waals surface area contributed by atoms with E-state index in [-0.39, 0.29) is 5.75 Å². The fourth-order valence-corrected chi connectivity index (χ4v) is 3.36. The molecule has 0 aliphatic rings. The van der Waals surface area contributed by atoms with Crippen LogP contribution >= 0.6 is 0 Å². The van der Waals surface area contributed by atoms with Crippen molar-refractivity contribution in [3.63, 3.8) is 0 Å². The van der Waals surface area contributed by atoms with Crippen molar-refractivity contribution < 1.29 is 18.3 Å². The number of sulfonamides is 1. The van der Waals surface area contributed by atoms with E-state index in [2.05, 4.69) is 4.72 Å². The summed E-state index contributed by atoms with van der Waals surface area (Å²) in [6.45, 7) is 3.96. The molecule has 6 heteroatoms. The first kappa shape index (κ1) is 17.7. The largest absolute Gasteiger partial charge is 0.480 e. The minimum Gasteiger partial charge on any atom is -0.480 e. The van der Waals surface area contributed by atoms with Gasteiger partial charge in [0.15, 0.2) is 0 Å². The van der Waals surface area contributed by atoms with Gasteiger partial charge in [0.05, 0.1) is 5.75 Å². The number of benzene rings is 1. The van der Waals surface area contributed by atoms with Crippen LogP contribution < -0.4 is 4.72 Å². The van der Waals surface area contributed by atoms with E-state index >= 15 is 0 Å². The van der Waals surface area contributed by atoms with Gasteiger partial charge in [-0.05, 0) is 24.0 Å². The quantitative estimate of drug-likeness (QED) is 0.733. The first-order valence-electron chi connectivity index (χ1n) is 7.18. The average Bonchev–Trinajstić information content (AvgIpc) is 2.43. The Hall–Kier alpha value is -1.40. The van der Waals surface area contributed by atoms with Gasteiger partial charge in [-0.1, -0.05) is 51.0 Å². The van der Waals surface area contributed by atoms with Crippen molar-refractivity contribution >= 4 is 16.0 Å². The maximum Gasteiger partial charge on any atom is 0.321 e. The molecule has 0 spiro atoms. The first-order valence-corrected chi connectivity index (χ1v) is 8.83. The number of nitrogens with one attached hydrogen (secondary N) is 1. The summed E-state index contributed by atoms with van der Waals surface area (Å²) in [5.41, 5.74) is 1.79. The van der Waals surface area contributed by atoms with E-state index in [0.717, 1.165) is 18.4 Å². The lowest BCUT2D eigenvalue weighted by Crippen LogP contribution is -2.41. The molecule has 5 nitrogen and oxygen atoms in total. The molecule has 2 N–H and O–H groups in total. The van der Waals surface area contributed by atoms with Gasteiger partial charge < -0.3 is 5.11 Å². The molecule has 1 rings (SSSR count). The number of unbranched alkanes of at least 4 members (excludes halogenated alkanes) is 1. The predicted octanol–water partition coefficient (Wildman–Crippen LogP) is 2.31. The third-order valence-electron chi connectivity index (χ3n) is 3.25. The third kappa shape index (κ3) is 6.27. The maximum absolute atomic E-state index is 12.1. The molecule has 0 amide bonds. The van der Waals surface area contributed by atoms with Gasteiger partial charge >= 0.3 is 5.97 Å². The number of carbonyl (C=O) groups is 1. The number of carboxylic acid groups (broad SMARTS) is 1. The van der Waals surface area contributed by atoms with Gasteiger partial charge in [-0.25, -0.2) is 13.1 Å². The van der Waals surface area contributed by atoms with Crippen LogP contribution in [-0.4, -0.2) is 25.5 Å². The lowest BCUT2D eigenvalue weighted by molar-refractivity contribution is -0.139. The highest BCUT2D eigenvalue weighted by atomic mass is 32.2. The molecule has 1 aromatic rings. The van der Waals surface area contributed by atoms with Crippen LogP contribution in [0.3, 0.4) is 0 Å². The highest BCUT2D eigenvalue weighted by molar-refractivity contribution is 7.88. The predicted molar refractivity (Wildman–Crippen MR) is 82.5 cm³/mol. The molecule has 0 saturated heterocycles. The zero-order valence-corrected chi connectivity index (χ0v) is 13.3. The van der Waals surface area contributed by atoms with Crippen LogP contribution in [0.4, 0.5) is 0 Å². The minimum absolute atomic E-state index is 0.201. The summed E-state index contributed by atoms with van der Waals surface area (Å²) in [5.74, 6) is -1.33. The van der Waals surface area contributed by atoms with Crippen LogP contribution in [0.25, 0.3) is 0 Å². The van der Waals surface area contributed by atoms with Gasteiger partial charge in [0.1, 0.15) is 6.04 Å². The second kappa shape index (κ2) is 8.14. The third-order valence-corrected chi connectivity index (χ3v) is 4.61. The van der Waals surface area contributed by atoms with Crippen LogP contribution in [0.5, 0.6) is 0 Å².